The molecule has 4 rings (SSSR count). The van der Waals surface area contributed by atoms with Crippen molar-refractivity contribution in [1.29, 1.82) is 0 Å². The Hall–Kier alpha value is -3.26. The van der Waals surface area contributed by atoms with Crippen LogP contribution in [0.4, 0.5) is 14.9 Å². The molecule has 1 amide bonds. The number of hydrogen-bond acceptors (Lipinski definition) is 5. The molecule has 4 unspecified atom stereocenters. The summed E-state index contributed by atoms with van der Waals surface area (Å²) in [5.41, 5.74) is 2.43. The number of ketones is 1. The van der Waals surface area contributed by atoms with E-state index in [0.29, 0.717) is 5.56 Å². The lowest BCUT2D eigenvalue weighted by atomic mass is 9.85. The van der Waals surface area contributed by atoms with Crippen LogP contribution in [0.15, 0.2) is 48.5 Å². The van der Waals surface area contributed by atoms with Gasteiger partial charge >= 0.3 is 12.1 Å². The second-order valence-corrected chi connectivity index (χ2v) is 9.05. The number of halogens is 1. The van der Waals surface area contributed by atoms with Crippen LogP contribution in [0.5, 0.6) is 0 Å². The molecule has 2 aliphatic rings. The van der Waals surface area contributed by atoms with Gasteiger partial charge in [-0.05, 0) is 61.4 Å². The van der Waals surface area contributed by atoms with E-state index in [-0.39, 0.29) is 49.1 Å². The molecule has 1 heterocycles. The van der Waals surface area contributed by atoms with Gasteiger partial charge in [0.2, 0.25) is 0 Å². The van der Waals surface area contributed by atoms with Gasteiger partial charge in [0.05, 0.1) is 18.2 Å². The predicted molar refractivity (Wildman–Crippen MR) is 124 cm³/mol. The Morgan fingerprint density at radius 3 is 2.71 bits per heavy atom. The molecule has 7 nitrogen and oxygen atoms in total. The van der Waals surface area contributed by atoms with Crippen molar-refractivity contribution >= 4 is 23.5 Å². The van der Waals surface area contributed by atoms with Crippen molar-refractivity contribution in [2.45, 2.75) is 63.8 Å². The largest absolute Gasteiger partial charge is 0.481 e. The third-order valence-electron chi connectivity index (χ3n) is 6.80. The van der Waals surface area contributed by atoms with Gasteiger partial charge in [0, 0.05) is 18.5 Å². The summed E-state index contributed by atoms with van der Waals surface area (Å²) in [7, 11) is 0. The van der Waals surface area contributed by atoms with Crippen molar-refractivity contribution in [3.63, 3.8) is 0 Å². The van der Waals surface area contributed by atoms with E-state index >= 15 is 0 Å². The first-order valence-electron chi connectivity index (χ1n) is 11.6. The number of para-hydroxylation sites is 1. The average molecular weight is 469 g/mol. The molecule has 0 bridgehead atoms. The Bertz CT molecular complexity index is 1070. The number of benzene rings is 2. The van der Waals surface area contributed by atoms with E-state index in [9.17, 15) is 18.8 Å². The number of carboxylic acids is 1. The SMILES string of the molecule is CC(NC1CCC2C1Cc1ccccc1N2C(=O)OCc1cccc(F)c1)C(=O)CCC(=O)O. The first kappa shape index (κ1) is 23.9. The quantitative estimate of drug-likeness (QED) is 0.606. The van der Waals surface area contributed by atoms with Gasteiger partial charge in [-0.1, -0.05) is 30.3 Å². The van der Waals surface area contributed by atoms with Crippen LogP contribution in [0.2, 0.25) is 0 Å². The van der Waals surface area contributed by atoms with Crippen LogP contribution in [0.1, 0.15) is 43.7 Å². The molecule has 2 N–H and O–H groups in total. The lowest BCUT2D eigenvalue weighted by molar-refractivity contribution is -0.138. The fourth-order valence-electron chi connectivity index (χ4n) is 5.14. The van der Waals surface area contributed by atoms with Crippen LogP contribution in [-0.4, -0.2) is 41.1 Å². The van der Waals surface area contributed by atoms with Crippen molar-refractivity contribution in [2.75, 3.05) is 4.90 Å². The molecule has 0 radical (unpaired) electrons. The number of fused-ring (bicyclic) bond motifs is 2. The Labute approximate surface area is 197 Å². The minimum atomic E-state index is -0.988. The van der Waals surface area contributed by atoms with Crippen LogP contribution in [0.3, 0.4) is 0 Å². The van der Waals surface area contributed by atoms with Crippen molar-refractivity contribution in [2.24, 2.45) is 5.92 Å². The Morgan fingerprint density at radius 2 is 1.94 bits per heavy atom. The normalized spacial score (nSPS) is 21.9. The molecule has 4 atom stereocenters. The lowest BCUT2D eigenvalue weighted by Gasteiger charge is -2.40. The standard InChI is InChI=1S/C26H29FN2O5/c1-16(24(30)11-12-25(31)32)28-21-9-10-23-20(21)14-18-6-2-3-8-22(18)29(23)26(33)34-15-17-5-4-7-19(27)13-17/h2-8,13,16,20-21,23,28H,9-12,14-15H2,1H3,(H,31,32). The number of amides is 1. The fourth-order valence-corrected chi connectivity index (χ4v) is 5.14. The third kappa shape index (κ3) is 5.28. The van der Waals surface area contributed by atoms with Crippen LogP contribution in [0.25, 0.3) is 0 Å². The number of nitrogens with one attached hydrogen (secondary N) is 1. The molecule has 1 aliphatic carbocycles. The first-order valence-corrected chi connectivity index (χ1v) is 11.6. The molecule has 1 fully saturated rings. The smallest absolute Gasteiger partial charge is 0.414 e. The third-order valence-corrected chi connectivity index (χ3v) is 6.80. The van der Waals surface area contributed by atoms with Gasteiger partial charge in [0.15, 0.2) is 0 Å². The fraction of sp³-hybridized carbons (Fsp3) is 0.423. The molecule has 0 saturated heterocycles. The van der Waals surface area contributed by atoms with Crippen LogP contribution in [0, 0.1) is 11.7 Å². The molecular weight excluding hydrogens is 439 g/mol. The summed E-state index contributed by atoms with van der Waals surface area (Å²) in [5.74, 6) is -1.41. The number of ether oxygens (including phenoxy) is 1. The zero-order valence-electron chi connectivity index (χ0n) is 19.1. The highest BCUT2D eigenvalue weighted by atomic mass is 19.1. The average Bonchev–Trinajstić information content (AvgIpc) is 3.21. The number of Topliss-reactive ketones (excluding diaryl/α,β-unsaturated/α-hetero) is 1. The summed E-state index contributed by atoms with van der Waals surface area (Å²) in [6, 6.07) is 13.2. The molecular formula is C26H29FN2O5. The molecule has 2 aromatic rings. The lowest BCUT2D eigenvalue weighted by Crippen LogP contribution is -2.52. The number of carbonyl (C=O) groups is 3. The predicted octanol–water partition coefficient (Wildman–Crippen LogP) is 4.08. The molecule has 2 aromatic carbocycles. The highest BCUT2D eigenvalue weighted by Gasteiger charge is 2.46. The van der Waals surface area contributed by atoms with Gasteiger partial charge in [-0.25, -0.2) is 9.18 Å². The van der Waals surface area contributed by atoms with E-state index in [0.717, 1.165) is 30.5 Å². The number of rotatable bonds is 8. The van der Waals surface area contributed by atoms with E-state index in [2.05, 4.69) is 5.32 Å². The number of nitrogens with zero attached hydrogens (tertiary/aromatic N) is 1. The van der Waals surface area contributed by atoms with E-state index in [1.165, 1.54) is 12.1 Å². The molecule has 34 heavy (non-hydrogen) atoms. The zero-order valence-corrected chi connectivity index (χ0v) is 19.1. The number of hydrogen-bond donors (Lipinski definition) is 2. The van der Waals surface area contributed by atoms with E-state index in [1.807, 2.05) is 24.3 Å². The molecule has 1 saturated carbocycles. The Balaban J connectivity index is 1.48. The van der Waals surface area contributed by atoms with Gasteiger partial charge in [-0.15, -0.1) is 0 Å². The monoisotopic (exact) mass is 468 g/mol. The summed E-state index contributed by atoms with van der Waals surface area (Å²) in [4.78, 5) is 38.1. The van der Waals surface area contributed by atoms with Gasteiger partial charge in [-0.2, -0.15) is 0 Å². The maximum Gasteiger partial charge on any atom is 0.414 e. The van der Waals surface area contributed by atoms with Gasteiger partial charge < -0.3 is 15.2 Å². The molecule has 180 valence electrons. The van der Waals surface area contributed by atoms with Gasteiger partial charge in [0.1, 0.15) is 18.2 Å². The van der Waals surface area contributed by atoms with E-state index < -0.39 is 18.1 Å². The van der Waals surface area contributed by atoms with Crippen molar-refractivity contribution in [1.82, 2.24) is 5.32 Å². The van der Waals surface area contributed by atoms with E-state index in [4.69, 9.17) is 9.84 Å². The number of anilines is 1. The second-order valence-electron chi connectivity index (χ2n) is 9.05. The zero-order chi connectivity index (χ0) is 24.2. The van der Waals surface area contributed by atoms with E-state index in [1.54, 1.807) is 24.0 Å². The maximum atomic E-state index is 13.5. The van der Waals surface area contributed by atoms with Crippen LogP contribution in [-0.2, 0) is 27.4 Å². The second kappa shape index (κ2) is 10.3. The van der Waals surface area contributed by atoms with Gasteiger partial charge in [-0.3, -0.25) is 14.5 Å². The van der Waals surface area contributed by atoms with Crippen LogP contribution < -0.4 is 10.2 Å². The highest BCUT2D eigenvalue weighted by molar-refractivity contribution is 5.90. The summed E-state index contributed by atoms with van der Waals surface area (Å²) in [6.45, 7) is 1.74. The Morgan fingerprint density at radius 1 is 1.15 bits per heavy atom. The van der Waals surface area contributed by atoms with Crippen molar-refractivity contribution < 1.29 is 28.6 Å². The minimum Gasteiger partial charge on any atom is -0.481 e. The summed E-state index contributed by atoms with van der Waals surface area (Å²) in [5, 5.41) is 12.2. The maximum absolute atomic E-state index is 13.5. The van der Waals surface area contributed by atoms with Crippen LogP contribution >= 0.6 is 0 Å². The first-order chi connectivity index (χ1) is 16.3. The number of carboxylic acid groups (broad SMARTS) is 1. The summed E-state index contributed by atoms with van der Waals surface area (Å²) >= 11 is 0. The minimum absolute atomic E-state index is 0.00825. The van der Waals surface area contributed by atoms with Crippen molar-refractivity contribution in [3.05, 3.63) is 65.5 Å². The van der Waals surface area contributed by atoms with Crippen molar-refractivity contribution in [3.8, 4) is 0 Å². The highest BCUT2D eigenvalue weighted by Crippen LogP contribution is 2.42. The summed E-state index contributed by atoms with van der Waals surface area (Å²) in [6.07, 6.45) is 1.64. The summed E-state index contributed by atoms with van der Waals surface area (Å²) < 4.78 is 19.1. The van der Waals surface area contributed by atoms with Gasteiger partial charge in [0.25, 0.3) is 0 Å². The molecule has 1 aliphatic heterocycles. The topological polar surface area (TPSA) is 95.9 Å². The number of carbonyl (C=O) groups excluding carboxylic acids is 2. The molecule has 0 spiro atoms. The number of aliphatic carboxylic acids is 1. The molecule has 0 aromatic heterocycles. The Kier molecular flexibility index (Phi) is 7.26. The molecule has 8 heteroatoms.